The van der Waals surface area contributed by atoms with Crippen molar-refractivity contribution in [2.45, 2.75) is 57.0 Å². The number of hydrogen-bond acceptors (Lipinski definition) is 2. The molecule has 0 aromatic carbocycles. The third-order valence-corrected chi connectivity index (χ3v) is 4.68. The van der Waals surface area contributed by atoms with E-state index in [-0.39, 0.29) is 17.5 Å². The Bertz CT molecular complexity index is 233. The molecule has 1 aliphatic carbocycles. The average molecular weight is 283 g/mol. The molecule has 0 heterocycles. The summed E-state index contributed by atoms with van der Waals surface area (Å²) < 4.78 is 36.4. The van der Waals surface area contributed by atoms with Gasteiger partial charge >= 0.3 is 5.51 Å². The maximum absolute atomic E-state index is 12.1. The van der Waals surface area contributed by atoms with Gasteiger partial charge in [-0.15, -0.1) is 0 Å². The highest BCUT2D eigenvalue weighted by molar-refractivity contribution is 8.00. The fourth-order valence-corrected chi connectivity index (χ4v) is 3.71. The first-order chi connectivity index (χ1) is 8.46. The van der Waals surface area contributed by atoms with Gasteiger partial charge in [-0.25, -0.2) is 0 Å². The summed E-state index contributed by atoms with van der Waals surface area (Å²) in [6, 6.07) is 0.409. The summed E-state index contributed by atoms with van der Waals surface area (Å²) in [6.45, 7) is 2.18. The van der Waals surface area contributed by atoms with E-state index >= 15 is 0 Å². The van der Waals surface area contributed by atoms with Gasteiger partial charge in [0, 0.05) is 11.8 Å². The Balaban J connectivity index is 2.37. The quantitative estimate of drug-likeness (QED) is 0.773. The van der Waals surface area contributed by atoms with Gasteiger partial charge in [-0.05, 0) is 44.6 Å². The molecule has 1 N–H and O–H groups in total. The van der Waals surface area contributed by atoms with Gasteiger partial charge in [-0.3, -0.25) is 0 Å². The van der Waals surface area contributed by atoms with Crippen LogP contribution in [0.5, 0.6) is 0 Å². The van der Waals surface area contributed by atoms with E-state index in [1.54, 1.807) is 0 Å². The normalized spacial score (nSPS) is 29.5. The van der Waals surface area contributed by atoms with Crippen LogP contribution in [0.4, 0.5) is 13.2 Å². The van der Waals surface area contributed by atoms with Crippen molar-refractivity contribution in [2.24, 2.45) is 11.8 Å². The van der Waals surface area contributed by atoms with E-state index in [0.717, 1.165) is 18.8 Å². The van der Waals surface area contributed by atoms with Crippen LogP contribution in [-0.4, -0.2) is 24.4 Å². The minimum absolute atomic E-state index is 0.127. The molecule has 18 heavy (non-hydrogen) atoms. The molecule has 0 spiro atoms. The Hall–Kier alpha value is 0.100. The lowest BCUT2D eigenvalue weighted by Gasteiger charge is -2.36. The van der Waals surface area contributed by atoms with Crippen molar-refractivity contribution >= 4 is 11.8 Å². The number of halogens is 3. The molecule has 0 saturated heterocycles. The minimum atomic E-state index is -4.08. The Labute approximate surface area is 112 Å². The zero-order valence-corrected chi connectivity index (χ0v) is 12.0. The van der Waals surface area contributed by atoms with Gasteiger partial charge < -0.3 is 5.32 Å². The van der Waals surface area contributed by atoms with Crippen molar-refractivity contribution in [3.63, 3.8) is 0 Å². The lowest BCUT2D eigenvalue weighted by Crippen LogP contribution is -2.39. The summed E-state index contributed by atoms with van der Waals surface area (Å²) in [4.78, 5) is 0. The standard InChI is InChI=1S/C13H24F3NS/c1-3-4-10-5-6-12(17-2)11(9-10)7-8-18-13(14,15)16/h10-12,17H,3-9H2,1-2H3. The van der Waals surface area contributed by atoms with E-state index in [9.17, 15) is 13.2 Å². The largest absolute Gasteiger partial charge is 0.441 e. The van der Waals surface area contributed by atoms with E-state index in [1.807, 2.05) is 7.05 Å². The molecule has 0 aliphatic heterocycles. The molecular formula is C13H24F3NS. The van der Waals surface area contributed by atoms with Gasteiger partial charge in [0.25, 0.3) is 0 Å². The monoisotopic (exact) mass is 283 g/mol. The fourth-order valence-electron chi connectivity index (χ4n) is 3.06. The summed E-state index contributed by atoms with van der Waals surface area (Å²) in [5.74, 6) is 1.33. The topological polar surface area (TPSA) is 12.0 Å². The van der Waals surface area contributed by atoms with E-state index < -0.39 is 5.51 Å². The van der Waals surface area contributed by atoms with E-state index in [0.29, 0.717) is 18.4 Å². The number of nitrogens with one attached hydrogen (secondary N) is 1. The van der Waals surface area contributed by atoms with Crippen LogP contribution in [0.25, 0.3) is 0 Å². The second kappa shape index (κ2) is 7.63. The highest BCUT2D eigenvalue weighted by atomic mass is 32.2. The minimum Gasteiger partial charge on any atom is -0.317 e. The maximum Gasteiger partial charge on any atom is 0.441 e. The third kappa shape index (κ3) is 5.83. The molecule has 1 fully saturated rings. The van der Waals surface area contributed by atoms with Crippen LogP contribution in [0.2, 0.25) is 0 Å². The van der Waals surface area contributed by atoms with Crippen molar-refractivity contribution < 1.29 is 13.2 Å². The summed E-state index contributed by atoms with van der Waals surface area (Å²) in [5, 5.41) is 3.27. The molecule has 3 unspecified atom stereocenters. The van der Waals surface area contributed by atoms with Crippen LogP contribution in [0.1, 0.15) is 45.4 Å². The Morgan fingerprint density at radius 1 is 1.22 bits per heavy atom. The highest BCUT2D eigenvalue weighted by Crippen LogP contribution is 2.37. The second-order valence-electron chi connectivity index (χ2n) is 5.21. The first kappa shape index (κ1) is 16.2. The van der Waals surface area contributed by atoms with Gasteiger partial charge in [0.05, 0.1) is 0 Å². The van der Waals surface area contributed by atoms with Crippen LogP contribution in [-0.2, 0) is 0 Å². The molecule has 3 atom stereocenters. The van der Waals surface area contributed by atoms with Gasteiger partial charge in [0.15, 0.2) is 0 Å². The van der Waals surface area contributed by atoms with Crippen molar-refractivity contribution in [2.75, 3.05) is 12.8 Å². The zero-order valence-electron chi connectivity index (χ0n) is 11.2. The van der Waals surface area contributed by atoms with Crippen molar-refractivity contribution in [1.29, 1.82) is 0 Å². The number of rotatable bonds is 6. The van der Waals surface area contributed by atoms with Gasteiger partial charge in [0.2, 0.25) is 0 Å². The predicted molar refractivity (Wildman–Crippen MR) is 71.7 cm³/mol. The Morgan fingerprint density at radius 3 is 2.50 bits per heavy atom. The first-order valence-corrected chi connectivity index (χ1v) is 7.82. The summed E-state index contributed by atoms with van der Waals surface area (Å²) in [7, 11) is 1.93. The van der Waals surface area contributed by atoms with Crippen molar-refractivity contribution in [1.82, 2.24) is 5.32 Å². The van der Waals surface area contributed by atoms with Gasteiger partial charge in [-0.2, -0.15) is 13.2 Å². The van der Waals surface area contributed by atoms with Crippen LogP contribution in [0.15, 0.2) is 0 Å². The maximum atomic E-state index is 12.1. The molecule has 1 aliphatic rings. The summed E-state index contributed by atoms with van der Waals surface area (Å²) in [5.41, 5.74) is -4.08. The molecule has 108 valence electrons. The summed E-state index contributed by atoms with van der Waals surface area (Å²) in [6.07, 6.45) is 6.51. The highest BCUT2D eigenvalue weighted by Gasteiger charge is 2.32. The van der Waals surface area contributed by atoms with Gasteiger partial charge in [-0.1, -0.05) is 31.5 Å². The molecule has 1 saturated carbocycles. The van der Waals surface area contributed by atoms with Crippen molar-refractivity contribution in [3.8, 4) is 0 Å². The smallest absolute Gasteiger partial charge is 0.317 e. The number of alkyl halides is 3. The average Bonchev–Trinajstić information content (AvgIpc) is 2.28. The van der Waals surface area contributed by atoms with E-state index in [2.05, 4.69) is 12.2 Å². The van der Waals surface area contributed by atoms with Crippen LogP contribution >= 0.6 is 11.8 Å². The number of thioether (sulfide) groups is 1. The van der Waals surface area contributed by atoms with E-state index in [1.165, 1.54) is 19.3 Å². The van der Waals surface area contributed by atoms with Crippen LogP contribution in [0, 0.1) is 11.8 Å². The van der Waals surface area contributed by atoms with E-state index in [4.69, 9.17) is 0 Å². The fraction of sp³-hybridized carbons (Fsp3) is 1.00. The Morgan fingerprint density at radius 2 is 1.94 bits per heavy atom. The molecular weight excluding hydrogens is 259 g/mol. The molecule has 0 aromatic heterocycles. The second-order valence-corrected chi connectivity index (χ2v) is 6.37. The zero-order chi connectivity index (χ0) is 13.6. The molecule has 0 radical (unpaired) electrons. The lowest BCUT2D eigenvalue weighted by molar-refractivity contribution is -0.0328. The van der Waals surface area contributed by atoms with Crippen molar-refractivity contribution in [3.05, 3.63) is 0 Å². The predicted octanol–water partition coefficient (Wildman–Crippen LogP) is 4.43. The van der Waals surface area contributed by atoms with Gasteiger partial charge in [0.1, 0.15) is 0 Å². The first-order valence-electron chi connectivity index (χ1n) is 6.84. The van der Waals surface area contributed by atoms with Crippen LogP contribution < -0.4 is 5.32 Å². The molecule has 5 heteroatoms. The Kier molecular flexibility index (Phi) is 6.85. The lowest BCUT2D eigenvalue weighted by atomic mass is 9.75. The summed E-state index contributed by atoms with van der Waals surface area (Å²) >= 11 is 0.127. The molecule has 1 nitrogen and oxygen atoms in total. The van der Waals surface area contributed by atoms with Crippen LogP contribution in [0.3, 0.4) is 0 Å². The SMILES string of the molecule is CCCC1CCC(NC)C(CCSC(F)(F)F)C1. The molecule has 0 amide bonds. The molecule has 1 rings (SSSR count). The molecule has 0 bridgehead atoms. The third-order valence-electron chi connectivity index (χ3n) is 3.91. The number of hydrogen-bond donors (Lipinski definition) is 1. The molecule has 0 aromatic rings.